The number of urea groups is 1. The number of benzene rings is 1. The molecule has 1 aromatic heterocycles. The zero-order valence-electron chi connectivity index (χ0n) is 9.73. The lowest BCUT2D eigenvalue weighted by Crippen LogP contribution is -2.21. The van der Waals surface area contributed by atoms with Crippen LogP contribution in [0.3, 0.4) is 0 Å². The van der Waals surface area contributed by atoms with Gasteiger partial charge in [-0.2, -0.15) is 5.10 Å². The zero-order chi connectivity index (χ0) is 13.0. The number of aryl methyl sites for hydroxylation is 1. The molecule has 18 heavy (non-hydrogen) atoms. The second-order valence-corrected chi connectivity index (χ2v) is 3.70. The van der Waals surface area contributed by atoms with E-state index in [1.165, 1.54) is 12.1 Å². The van der Waals surface area contributed by atoms with Crippen molar-refractivity contribution in [2.24, 2.45) is 0 Å². The molecule has 2 amide bonds. The van der Waals surface area contributed by atoms with Gasteiger partial charge in [0.2, 0.25) is 0 Å². The Balaban J connectivity index is 2.03. The summed E-state index contributed by atoms with van der Waals surface area (Å²) in [6.45, 7) is 1.90. The molecule has 92 valence electrons. The maximum absolute atomic E-state index is 11.7. The molecule has 0 fully saturated rings. The Morgan fingerprint density at radius 1 is 1.17 bits per heavy atom. The van der Waals surface area contributed by atoms with Crippen molar-refractivity contribution in [2.75, 3.05) is 10.6 Å². The van der Waals surface area contributed by atoms with E-state index in [0.29, 0.717) is 0 Å². The molecular weight excluding hydrogens is 232 g/mol. The lowest BCUT2D eigenvalue weighted by molar-refractivity contribution is 0.262. The average molecular weight is 244 g/mol. The molecule has 0 aliphatic rings. The van der Waals surface area contributed by atoms with E-state index in [-0.39, 0.29) is 11.4 Å². The highest BCUT2D eigenvalue weighted by Gasteiger charge is 2.04. The number of para-hydroxylation sites is 1. The van der Waals surface area contributed by atoms with Crippen LogP contribution in [0.15, 0.2) is 41.2 Å². The first-order chi connectivity index (χ1) is 8.65. The van der Waals surface area contributed by atoms with Gasteiger partial charge in [-0.3, -0.25) is 10.1 Å². The maximum Gasteiger partial charge on any atom is 0.324 e. The summed E-state index contributed by atoms with van der Waals surface area (Å²) >= 11 is 0. The first kappa shape index (κ1) is 11.8. The van der Waals surface area contributed by atoms with Gasteiger partial charge in [0.1, 0.15) is 0 Å². The Kier molecular flexibility index (Phi) is 3.38. The molecule has 1 heterocycles. The molecule has 6 nitrogen and oxygen atoms in total. The Morgan fingerprint density at radius 3 is 2.61 bits per heavy atom. The van der Waals surface area contributed by atoms with Gasteiger partial charge in [-0.1, -0.05) is 18.2 Å². The lowest BCUT2D eigenvalue weighted by atomic mass is 10.2. The van der Waals surface area contributed by atoms with Crippen LogP contribution < -0.4 is 16.2 Å². The highest BCUT2D eigenvalue weighted by atomic mass is 16.2. The van der Waals surface area contributed by atoms with E-state index in [1.54, 1.807) is 6.07 Å². The smallest absolute Gasteiger partial charge is 0.307 e. The minimum Gasteiger partial charge on any atom is -0.307 e. The van der Waals surface area contributed by atoms with Gasteiger partial charge in [-0.05, 0) is 24.6 Å². The van der Waals surface area contributed by atoms with Crippen LogP contribution in [-0.2, 0) is 0 Å². The molecular formula is C12H12N4O2. The van der Waals surface area contributed by atoms with Crippen molar-refractivity contribution in [1.82, 2.24) is 10.2 Å². The quantitative estimate of drug-likeness (QED) is 0.751. The molecule has 0 unspecified atom stereocenters. The summed E-state index contributed by atoms with van der Waals surface area (Å²) in [6, 6.07) is 9.72. The van der Waals surface area contributed by atoms with Crippen LogP contribution in [0.5, 0.6) is 0 Å². The van der Waals surface area contributed by atoms with E-state index < -0.39 is 6.03 Å². The number of hydrogen-bond acceptors (Lipinski definition) is 3. The van der Waals surface area contributed by atoms with Crippen molar-refractivity contribution < 1.29 is 4.79 Å². The molecule has 0 atom stereocenters. The Bertz CT molecular complexity index is 601. The zero-order valence-corrected chi connectivity index (χ0v) is 9.73. The number of aromatic amines is 1. The first-order valence-corrected chi connectivity index (χ1v) is 5.34. The van der Waals surface area contributed by atoms with Crippen molar-refractivity contribution in [1.29, 1.82) is 0 Å². The number of carbonyl (C=O) groups excluding carboxylic acids is 1. The molecule has 1 aromatic carbocycles. The number of nitrogens with zero attached hydrogens (tertiary/aromatic N) is 1. The van der Waals surface area contributed by atoms with E-state index in [2.05, 4.69) is 20.8 Å². The van der Waals surface area contributed by atoms with Gasteiger partial charge < -0.3 is 5.32 Å². The third-order valence-electron chi connectivity index (χ3n) is 2.31. The van der Waals surface area contributed by atoms with Crippen molar-refractivity contribution in [3.8, 4) is 0 Å². The summed E-state index contributed by atoms with van der Waals surface area (Å²) < 4.78 is 0. The van der Waals surface area contributed by atoms with E-state index in [0.717, 1.165) is 11.3 Å². The molecule has 0 radical (unpaired) electrons. The van der Waals surface area contributed by atoms with Crippen LogP contribution >= 0.6 is 0 Å². The van der Waals surface area contributed by atoms with Crippen LogP contribution in [0.25, 0.3) is 0 Å². The second-order valence-electron chi connectivity index (χ2n) is 3.70. The van der Waals surface area contributed by atoms with Crippen molar-refractivity contribution in [3.63, 3.8) is 0 Å². The molecule has 3 N–H and O–H groups in total. The Hall–Kier alpha value is -2.63. The number of rotatable bonds is 2. The molecule has 0 spiro atoms. The second kappa shape index (κ2) is 5.13. The third-order valence-corrected chi connectivity index (χ3v) is 2.31. The van der Waals surface area contributed by atoms with Crippen LogP contribution in [0.1, 0.15) is 5.56 Å². The summed E-state index contributed by atoms with van der Waals surface area (Å²) in [5.74, 6) is 0.278. The highest BCUT2D eigenvalue weighted by Crippen LogP contribution is 2.13. The van der Waals surface area contributed by atoms with Crippen LogP contribution in [0.2, 0.25) is 0 Å². The average Bonchev–Trinajstić information content (AvgIpc) is 2.35. The van der Waals surface area contributed by atoms with Gasteiger partial charge in [-0.25, -0.2) is 9.89 Å². The molecule has 0 aliphatic carbocycles. The standard InChI is InChI=1S/C12H12N4O2/c1-8-4-2-3-5-9(8)13-12(18)14-10-6-7-11(17)16-15-10/h2-7H,1H3,(H,16,17)(H2,13,14,15,18). The minimum absolute atomic E-state index is 0.278. The Morgan fingerprint density at radius 2 is 1.94 bits per heavy atom. The van der Waals surface area contributed by atoms with Gasteiger partial charge >= 0.3 is 6.03 Å². The topological polar surface area (TPSA) is 86.9 Å². The van der Waals surface area contributed by atoms with Gasteiger partial charge in [0.05, 0.1) is 0 Å². The van der Waals surface area contributed by atoms with Crippen molar-refractivity contribution in [3.05, 3.63) is 52.3 Å². The molecule has 2 rings (SSSR count). The molecule has 2 aromatic rings. The predicted octanol–water partition coefficient (Wildman–Crippen LogP) is 1.72. The Labute approximate surface area is 103 Å². The monoisotopic (exact) mass is 244 g/mol. The van der Waals surface area contributed by atoms with Gasteiger partial charge in [0, 0.05) is 11.8 Å². The summed E-state index contributed by atoms with van der Waals surface area (Å²) in [5.41, 5.74) is 1.36. The fourth-order valence-electron chi connectivity index (χ4n) is 1.40. The number of H-pyrrole nitrogens is 1. The van der Waals surface area contributed by atoms with Crippen LogP contribution in [-0.4, -0.2) is 16.2 Å². The summed E-state index contributed by atoms with van der Waals surface area (Å²) in [5, 5.41) is 11.1. The fourth-order valence-corrected chi connectivity index (χ4v) is 1.40. The number of carbonyl (C=O) groups is 1. The first-order valence-electron chi connectivity index (χ1n) is 5.34. The minimum atomic E-state index is -0.413. The molecule has 0 saturated heterocycles. The maximum atomic E-state index is 11.7. The number of aromatic nitrogens is 2. The SMILES string of the molecule is Cc1ccccc1NC(=O)Nc1ccc(=O)[nH]n1. The molecule has 0 bridgehead atoms. The van der Waals surface area contributed by atoms with E-state index >= 15 is 0 Å². The number of hydrogen-bond donors (Lipinski definition) is 3. The highest BCUT2D eigenvalue weighted by molar-refractivity contribution is 5.99. The van der Waals surface area contributed by atoms with E-state index in [9.17, 15) is 9.59 Å². The summed E-state index contributed by atoms with van der Waals surface area (Å²) in [6.07, 6.45) is 0. The van der Waals surface area contributed by atoms with Crippen molar-refractivity contribution >= 4 is 17.5 Å². The lowest BCUT2D eigenvalue weighted by Gasteiger charge is -2.08. The summed E-state index contributed by atoms with van der Waals surface area (Å²) in [4.78, 5) is 22.5. The van der Waals surface area contributed by atoms with Gasteiger partial charge in [0.25, 0.3) is 5.56 Å². The summed E-state index contributed by atoms with van der Waals surface area (Å²) in [7, 11) is 0. The predicted molar refractivity (Wildman–Crippen MR) is 68.7 cm³/mol. The van der Waals surface area contributed by atoms with Crippen LogP contribution in [0.4, 0.5) is 16.3 Å². The number of anilines is 2. The van der Waals surface area contributed by atoms with E-state index in [1.807, 2.05) is 25.1 Å². The van der Waals surface area contributed by atoms with Crippen molar-refractivity contribution in [2.45, 2.75) is 6.92 Å². The van der Waals surface area contributed by atoms with Crippen LogP contribution in [0, 0.1) is 6.92 Å². The largest absolute Gasteiger partial charge is 0.324 e. The van der Waals surface area contributed by atoms with Gasteiger partial charge in [0.15, 0.2) is 5.82 Å². The molecule has 6 heteroatoms. The fraction of sp³-hybridized carbons (Fsp3) is 0.0833. The third kappa shape index (κ3) is 2.94. The van der Waals surface area contributed by atoms with E-state index in [4.69, 9.17) is 0 Å². The van der Waals surface area contributed by atoms with Gasteiger partial charge in [-0.15, -0.1) is 0 Å². The number of amides is 2. The number of nitrogens with one attached hydrogen (secondary N) is 3. The molecule has 0 aliphatic heterocycles. The normalized spacial score (nSPS) is 9.83. The molecule has 0 saturated carbocycles.